The number of likely N-dealkylation sites (tertiary alicyclic amines) is 1. The van der Waals surface area contributed by atoms with Crippen LogP contribution in [0.5, 0.6) is 5.75 Å². The highest BCUT2D eigenvalue weighted by Crippen LogP contribution is 2.30. The third-order valence-electron chi connectivity index (χ3n) is 4.64. The lowest BCUT2D eigenvalue weighted by Gasteiger charge is -2.16. The van der Waals surface area contributed by atoms with Crippen LogP contribution in [0, 0.1) is 0 Å². The molecule has 0 bridgehead atoms. The standard InChI is InChI=1S/C20H18ClN3O3/c1-26-17-8-4-14(5-9-17)19-22-20(27-23-19)15-10-18(25)24(12-15)11-13-2-6-16(21)7-3-13/h2-9,15H,10-12H2,1H3. The fourth-order valence-electron chi connectivity index (χ4n) is 3.16. The van der Waals surface area contributed by atoms with Crippen molar-refractivity contribution in [1.29, 1.82) is 0 Å². The number of hydrogen-bond donors (Lipinski definition) is 0. The van der Waals surface area contributed by atoms with Crippen molar-refractivity contribution in [1.82, 2.24) is 15.0 Å². The molecule has 6 nitrogen and oxygen atoms in total. The van der Waals surface area contributed by atoms with E-state index in [1.807, 2.05) is 53.4 Å². The van der Waals surface area contributed by atoms with Crippen molar-refractivity contribution in [3.63, 3.8) is 0 Å². The third-order valence-corrected chi connectivity index (χ3v) is 4.89. The Labute approximate surface area is 161 Å². The van der Waals surface area contributed by atoms with Crippen molar-refractivity contribution in [2.45, 2.75) is 18.9 Å². The topological polar surface area (TPSA) is 68.5 Å². The molecule has 2 heterocycles. The summed E-state index contributed by atoms with van der Waals surface area (Å²) in [5.74, 6) is 1.76. The van der Waals surface area contributed by atoms with E-state index in [0.717, 1.165) is 16.9 Å². The molecule has 3 aromatic rings. The number of carbonyl (C=O) groups excluding carboxylic acids is 1. The summed E-state index contributed by atoms with van der Waals surface area (Å²) in [6.07, 6.45) is 0.373. The molecular weight excluding hydrogens is 366 g/mol. The van der Waals surface area contributed by atoms with E-state index in [0.29, 0.717) is 36.2 Å². The lowest BCUT2D eigenvalue weighted by molar-refractivity contribution is -0.128. The van der Waals surface area contributed by atoms with Gasteiger partial charge in [0.1, 0.15) is 5.75 Å². The highest BCUT2D eigenvalue weighted by molar-refractivity contribution is 6.30. The van der Waals surface area contributed by atoms with E-state index >= 15 is 0 Å². The Bertz CT molecular complexity index is 938. The second kappa shape index (κ2) is 7.40. The van der Waals surface area contributed by atoms with Crippen LogP contribution in [0.1, 0.15) is 23.8 Å². The second-order valence-corrected chi connectivity index (χ2v) is 6.92. The highest BCUT2D eigenvalue weighted by Gasteiger charge is 2.34. The van der Waals surface area contributed by atoms with Gasteiger partial charge in [-0.15, -0.1) is 0 Å². The van der Waals surface area contributed by atoms with E-state index in [9.17, 15) is 4.79 Å². The number of halogens is 1. The van der Waals surface area contributed by atoms with Gasteiger partial charge in [0, 0.05) is 30.1 Å². The first kappa shape index (κ1) is 17.5. The fraction of sp³-hybridized carbons (Fsp3) is 0.250. The normalized spacial score (nSPS) is 16.7. The van der Waals surface area contributed by atoms with Crippen LogP contribution in [0.4, 0.5) is 0 Å². The van der Waals surface area contributed by atoms with Crippen molar-refractivity contribution in [3.8, 4) is 17.1 Å². The van der Waals surface area contributed by atoms with Gasteiger partial charge in [-0.1, -0.05) is 28.9 Å². The van der Waals surface area contributed by atoms with Gasteiger partial charge in [0.25, 0.3) is 0 Å². The SMILES string of the molecule is COc1ccc(-c2noc(C3CC(=O)N(Cc4ccc(Cl)cc4)C3)n2)cc1. The van der Waals surface area contributed by atoms with Crippen molar-refractivity contribution in [3.05, 3.63) is 65.0 Å². The average Bonchev–Trinajstić information content (AvgIpc) is 3.31. The van der Waals surface area contributed by atoms with E-state index in [2.05, 4.69) is 10.1 Å². The van der Waals surface area contributed by atoms with Crippen LogP contribution in [0.15, 0.2) is 53.1 Å². The number of amides is 1. The second-order valence-electron chi connectivity index (χ2n) is 6.49. The number of hydrogen-bond acceptors (Lipinski definition) is 5. The number of methoxy groups -OCH3 is 1. The Hall–Kier alpha value is -2.86. The maximum Gasteiger partial charge on any atom is 0.232 e. The molecule has 4 rings (SSSR count). The Morgan fingerprint density at radius 2 is 1.93 bits per heavy atom. The molecule has 0 saturated carbocycles. The van der Waals surface area contributed by atoms with Crippen LogP contribution in [0.25, 0.3) is 11.4 Å². The minimum absolute atomic E-state index is 0.0825. The molecule has 7 heteroatoms. The molecule has 1 unspecified atom stereocenters. The van der Waals surface area contributed by atoms with E-state index in [1.165, 1.54) is 0 Å². The molecule has 0 radical (unpaired) electrons. The zero-order chi connectivity index (χ0) is 18.8. The Morgan fingerprint density at radius 1 is 1.19 bits per heavy atom. The summed E-state index contributed by atoms with van der Waals surface area (Å²) in [6.45, 7) is 1.11. The maximum absolute atomic E-state index is 12.4. The average molecular weight is 384 g/mol. The smallest absolute Gasteiger partial charge is 0.232 e. The van der Waals surface area contributed by atoms with Crippen LogP contribution in [0.3, 0.4) is 0 Å². The maximum atomic E-state index is 12.4. The summed E-state index contributed by atoms with van der Waals surface area (Å²) in [7, 11) is 1.62. The van der Waals surface area contributed by atoms with Crippen LogP contribution >= 0.6 is 11.6 Å². The molecular formula is C20H18ClN3O3. The van der Waals surface area contributed by atoms with Gasteiger partial charge in [0.05, 0.1) is 13.0 Å². The number of aromatic nitrogens is 2. The molecule has 1 aliphatic heterocycles. The Balaban J connectivity index is 1.45. The van der Waals surface area contributed by atoms with Gasteiger partial charge in [0.15, 0.2) is 0 Å². The molecule has 1 aromatic heterocycles. The quantitative estimate of drug-likeness (QED) is 0.668. The number of rotatable bonds is 5. The van der Waals surface area contributed by atoms with Gasteiger partial charge in [-0.2, -0.15) is 4.98 Å². The van der Waals surface area contributed by atoms with Crippen LogP contribution in [-0.2, 0) is 11.3 Å². The largest absolute Gasteiger partial charge is 0.497 e. The Morgan fingerprint density at radius 3 is 2.63 bits per heavy atom. The van der Waals surface area contributed by atoms with E-state index < -0.39 is 0 Å². The van der Waals surface area contributed by atoms with Crippen molar-refractivity contribution < 1.29 is 14.1 Å². The van der Waals surface area contributed by atoms with E-state index in [4.69, 9.17) is 20.9 Å². The number of nitrogens with zero attached hydrogens (tertiary/aromatic N) is 3. The summed E-state index contributed by atoms with van der Waals surface area (Å²) in [4.78, 5) is 18.7. The fourth-order valence-corrected chi connectivity index (χ4v) is 3.28. The summed E-state index contributed by atoms with van der Waals surface area (Å²) >= 11 is 5.91. The first-order chi connectivity index (χ1) is 13.1. The zero-order valence-corrected chi connectivity index (χ0v) is 15.5. The predicted octanol–water partition coefficient (Wildman–Crippen LogP) is 3.91. The van der Waals surface area contributed by atoms with Gasteiger partial charge < -0.3 is 14.2 Å². The summed E-state index contributed by atoms with van der Waals surface area (Å²) in [5, 5.41) is 4.74. The van der Waals surface area contributed by atoms with Crippen molar-refractivity contribution in [2.75, 3.05) is 13.7 Å². The highest BCUT2D eigenvalue weighted by atomic mass is 35.5. The van der Waals surface area contributed by atoms with Gasteiger partial charge in [0.2, 0.25) is 17.6 Å². The first-order valence-electron chi connectivity index (χ1n) is 8.62. The molecule has 1 saturated heterocycles. The molecule has 138 valence electrons. The molecule has 2 aromatic carbocycles. The molecule has 0 N–H and O–H groups in total. The predicted molar refractivity (Wildman–Crippen MR) is 101 cm³/mol. The van der Waals surface area contributed by atoms with Gasteiger partial charge in [-0.3, -0.25) is 4.79 Å². The molecule has 1 aliphatic rings. The summed E-state index contributed by atoms with van der Waals surface area (Å²) in [5.41, 5.74) is 1.88. The van der Waals surface area contributed by atoms with Gasteiger partial charge in [-0.25, -0.2) is 0 Å². The molecule has 27 heavy (non-hydrogen) atoms. The molecule has 1 atom stereocenters. The molecule has 0 aliphatic carbocycles. The van der Waals surface area contributed by atoms with E-state index in [1.54, 1.807) is 7.11 Å². The van der Waals surface area contributed by atoms with Crippen LogP contribution in [-0.4, -0.2) is 34.6 Å². The lowest BCUT2D eigenvalue weighted by atomic mass is 10.1. The monoisotopic (exact) mass is 383 g/mol. The molecule has 1 fully saturated rings. The number of carbonyl (C=O) groups is 1. The summed E-state index contributed by atoms with van der Waals surface area (Å²) in [6, 6.07) is 15.0. The minimum Gasteiger partial charge on any atom is -0.497 e. The summed E-state index contributed by atoms with van der Waals surface area (Å²) < 4.78 is 10.6. The van der Waals surface area contributed by atoms with Gasteiger partial charge >= 0.3 is 0 Å². The van der Waals surface area contributed by atoms with Crippen molar-refractivity contribution >= 4 is 17.5 Å². The van der Waals surface area contributed by atoms with Crippen LogP contribution in [0.2, 0.25) is 5.02 Å². The van der Waals surface area contributed by atoms with Crippen molar-refractivity contribution in [2.24, 2.45) is 0 Å². The number of ether oxygens (including phenoxy) is 1. The molecule has 0 spiro atoms. The third kappa shape index (κ3) is 3.80. The first-order valence-corrected chi connectivity index (χ1v) is 9.00. The van der Waals surface area contributed by atoms with Crippen LogP contribution < -0.4 is 4.74 Å². The van der Waals surface area contributed by atoms with Gasteiger partial charge in [-0.05, 0) is 42.0 Å². The number of benzene rings is 2. The lowest BCUT2D eigenvalue weighted by Crippen LogP contribution is -2.24. The molecule has 1 amide bonds. The van der Waals surface area contributed by atoms with E-state index in [-0.39, 0.29) is 11.8 Å². The Kier molecular flexibility index (Phi) is 4.81. The minimum atomic E-state index is -0.0932. The zero-order valence-electron chi connectivity index (χ0n) is 14.8.